The lowest BCUT2D eigenvalue weighted by molar-refractivity contribution is 0.298. The molecule has 1 fully saturated rings. The minimum Gasteiger partial charge on any atom is -0.508 e. The summed E-state index contributed by atoms with van der Waals surface area (Å²) in [6, 6.07) is 15.2. The number of phenols is 1. The Bertz CT molecular complexity index is 805. The molecule has 0 saturated carbocycles. The fourth-order valence-electron chi connectivity index (χ4n) is 4.43. The molecule has 0 radical (unpaired) electrons. The van der Waals surface area contributed by atoms with Crippen LogP contribution < -0.4 is 0 Å². The SMILES string of the molecule is CCN1CCC(=C2c3ccccc3CCc3cc(O)ccc32)[C@H]1C. The van der Waals surface area contributed by atoms with Gasteiger partial charge >= 0.3 is 0 Å². The topological polar surface area (TPSA) is 23.5 Å². The quantitative estimate of drug-likeness (QED) is 0.842. The van der Waals surface area contributed by atoms with E-state index in [1.807, 2.05) is 12.1 Å². The van der Waals surface area contributed by atoms with Gasteiger partial charge in [-0.25, -0.2) is 0 Å². The molecule has 2 aliphatic rings. The molecule has 4 rings (SSSR count). The predicted molar refractivity (Wildman–Crippen MR) is 99.3 cm³/mol. The van der Waals surface area contributed by atoms with Gasteiger partial charge in [0.2, 0.25) is 0 Å². The molecule has 2 nitrogen and oxygen atoms in total. The number of aromatic hydroxyl groups is 1. The monoisotopic (exact) mass is 319 g/mol. The highest BCUT2D eigenvalue weighted by molar-refractivity contribution is 5.87. The van der Waals surface area contributed by atoms with E-state index in [2.05, 4.69) is 49.1 Å². The summed E-state index contributed by atoms with van der Waals surface area (Å²) >= 11 is 0. The number of phenolic OH excluding ortho intramolecular Hbond substituents is 1. The van der Waals surface area contributed by atoms with Crippen LogP contribution in [0.2, 0.25) is 0 Å². The van der Waals surface area contributed by atoms with E-state index in [9.17, 15) is 5.11 Å². The van der Waals surface area contributed by atoms with Crippen molar-refractivity contribution in [1.82, 2.24) is 4.90 Å². The Morgan fingerprint density at radius 3 is 2.54 bits per heavy atom. The fourth-order valence-corrected chi connectivity index (χ4v) is 4.43. The maximum Gasteiger partial charge on any atom is 0.115 e. The Labute approximate surface area is 144 Å². The van der Waals surface area contributed by atoms with Crippen LogP contribution >= 0.6 is 0 Å². The zero-order valence-electron chi connectivity index (χ0n) is 14.5. The molecule has 0 amide bonds. The van der Waals surface area contributed by atoms with Gasteiger partial charge < -0.3 is 5.11 Å². The van der Waals surface area contributed by atoms with E-state index in [0.717, 1.165) is 32.4 Å². The van der Waals surface area contributed by atoms with Crippen LogP contribution in [0.1, 0.15) is 42.5 Å². The van der Waals surface area contributed by atoms with Crippen LogP contribution in [0, 0.1) is 0 Å². The Hall–Kier alpha value is -2.06. The molecule has 1 N–H and O–H groups in total. The number of likely N-dealkylation sites (tertiary alicyclic amines) is 1. The first kappa shape index (κ1) is 15.5. The standard InChI is InChI=1S/C22H25NO/c1-3-23-13-12-19(15(23)2)22-20-7-5-4-6-16(20)8-9-17-14-18(24)10-11-21(17)22/h4-7,10-11,14-15,24H,3,8-9,12-13H2,1-2H3/t15-/m1/s1. The van der Waals surface area contributed by atoms with E-state index < -0.39 is 0 Å². The molecule has 0 aromatic heterocycles. The molecule has 1 atom stereocenters. The van der Waals surface area contributed by atoms with Crippen molar-refractivity contribution in [1.29, 1.82) is 0 Å². The third kappa shape index (κ3) is 2.46. The van der Waals surface area contributed by atoms with E-state index in [-0.39, 0.29) is 0 Å². The van der Waals surface area contributed by atoms with Crippen molar-refractivity contribution < 1.29 is 5.11 Å². The van der Waals surface area contributed by atoms with Crippen molar-refractivity contribution in [3.8, 4) is 5.75 Å². The first-order chi connectivity index (χ1) is 11.7. The molecule has 1 saturated heterocycles. The zero-order chi connectivity index (χ0) is 16.7. The number of likely N-dealkylation sites (N-methyl/N-ethyl adjacent to an activating group) is 1. The average Bonchev–Trinajstić information content (AvgIpc) is 2.88. The molecule has 2 aromatic carbocycles. The van der Waals surface area contributed by atoms with Crippen LogP contribution in [0.15, 0.2) is 48.0 Å². The summed E-state index contributed by atoms with van der Waals surface area (Å²) in [7, 11) is 0. The van der Waals surface area contributed by atoms with Gasteiger partial charge in [0.15, 0.2) is 0 Å². The highest BCUT2D eigenvalue weighted by Gasteiger charge is 2.30. The third-order valence-corrected chi connectivity index (χ3v) is 5.76. The largest absolute Gasteiger partial charge is 0.508 e. The highest BCUT2D eigenvalue weighted by Crippen LogP contribution is 2.41. The first-order valence-electron chi connectivity index (χ1n) is 9.06. The van der Waals surface area contributed by atoms with Crippen LogP contribution in [-0.4, -0.2) is 29.1 Å². The number of nitrogens with zero attached hydrogens (tertiary/aromatic N) is 1. The molecule has 0 spiro atoms. The first-order valence-corrected chi connectivity index (χ1v) is 9.06. The minimum atomic E-state index is 0.374. The lowest BCUT2D eigenvalue weighted by Crippen LogP contribution is -2.27. The second-order valence-corrected chi connectivity index (χ2v) is 6.95. The van der Waals surface area contributed by atoms with E-state index >= 15 is 0 Å². The minimum absolute atomic E-state index is 0.374. The molecule has 24 heavy (non-hydrogen) atoms. The van der Waals surface area contributed by atoms with Crippen molar-refractivity contribution in [2.45, 2.75) is 39.2 Å². The summed E-state index contributed by atoms with van der Waals surface area (Å²) < 4.78 is 0. The second kappa shape index (κ2) is 6.10. The predicted octanol–water partition coefficient (Wildman–Crippen LogP) is 4.41. The number of rotatable bonds is 1. The van der Waals surface area contributed by atoms with Crippen molar-refractivity contribution in [3.63, 3.8) is 0 Å². The van der Waals surface area contributed by atoms with Crippen LogP contribution in [0.5, 0.6) is 5.75 Å². The average molecular weight is 319 g/mol. The Kier molecular flexibility index (Phi) is 3.93. The highest BCUT2D eigenvalue weighted by atomic mass is 16.3. The molecule has 1 heterocycles. The van der Waals surface area contributed by atoms with E-state index in [4.69, 9.17) is 0 Å². The van der Waals surface area contributed by atoms with Crippen molar-refractivity contribution in [2.75, 3.05) is 13.1 Å². The van der Waals surface area contributed by atoms with Gasteiger partial charge in [0.25, 0.3) is 0 Å². The lowest BCUT2D eigenvalue weighted by Gasteiger charge is -2.22. The van der Waals surface area contributed by atoms with Gasteiger partial charge in [-0.05, 0) is 78.3 Å². The Balaban J connectivity index is 1.98. The Morgan fingerprint density at radius 2 is 1.75 bits per heavy atom. The molecule has 0 unspecified atom stereocenters. The zero-order valence-corrected chi connectivity index (χ0v) is 14.5. The molecular weight excluding hydrogens is 294 g/mol. The van der Waals surface area contributed by atoms with Crippen LogP contribution in [0.3, 0.4) is 0 Å². The normalized spacial score (nSPS) is 23.7. The van der Waals surface area contributed by atoms with Crippen molar-refractivity contribution in [3.05, 3.63) is 70.3 Å². The summed E-state index contributed by atoms with van der Waals surface area (Å²) in [4.78, 5) is 2.55. The van der Waals surface area contributed by atoms with Gasteiger partial charge in [-0.3, -0.25) is 4.90 Å². The number of hydrogen-bond acceptors (Lipinski definition) is 2. The summed E-state index contributed by atoms with van der Waals surface area (Å²) in [5.41, 5.74) is 8.38. The maximum absolute atomic E-state index is 9.96. The smallest absolute Gasteiger partial charge is 0.115 e. The third-order valence-electron chi connectivity index (χ3n) is 5.76. The number of fused-ring (bicyclic) bond motifs is 2. The maximum atomic E-state index is 9.96. The molecule has 124 valence electrons. The molecule has 0 bridgehead atoms. The van der Waals surface area contributed by atoms with Crippen LogP contribution in [0.25, 0.3) is 5.57 Å². The number of benzene rings is 2. The summed E-state index contributed by atoms with van der Waals surface area (Å²) in [6.07, 6.45) is 3.16. The number of aryl methyl sites for hydroxylation is 2. The van der Waals surface area contributed by atoms with Crippen LogP contribution in [0.4, 0.5) is 0 Å². The van der Waals surface area contributed by atoms with Gasteiger partial charge in [0.05, 0.1) is 0 Å². The Morgan fingerprint density at radius 1 is 1.00 bits per heavy atom. The second-order valence-electron chi connectivity index (χ2n) is 6.95. The molecule has 1 aliphatic heterocycles. The van der Waals surface area contributed by atoms with Crippen molar-refractivity contribution >= 4 is 5.57 Å². The van der Waals surface area contributed by atoms with Crippen LogP contribution in [-0.2, 0) is 12.8 Å². The number of hydrogen-bond donors (Lipinski definition) is 1. The van der Waals surface area contributed by atoms with Crippen molar-refractivity contribution in [2.24, 2.45) is 0 Å². The summed E-state index contributed by atoms with van der Waals surface area (Å²) in [5, 5.41) is 9.96. The molecule has 2 aromatic rings. The lowest BCUT2D eigenvalue weighted by atomic mass is 9.87. The van der Waals surface area contributed by atoms with E-state index in [1.165, 1.54) is 27.8 Å². The van der Waals surface area contributed by atoms with Gasteiger partial charge in [0, 0.05) is 12.6 Å². The van der Waals surface area contributed by atoms with E-state index in [1.54, 1.807) is 5.57 Å². The summed E-state index contributed by atoms with van der Waals surface area (Å²) in [6.45, 7) is 6.83. The van der Waals surface area contributed by atoms with Gasteiger partial charge in [-0.15, -0.1) is 0 Å². The van der Waals surface area contributed by atoms with Gasteiger partial charge in [0.1, 0.15) is 5.75 Å². The van der Waals surface area contributed by atoms with Gasteiger partial charge in [-0.1, -0.05) is 37.3 Å². The molecular formula is C22H25NO. The molecule has 2 heteroatoms. The van der Waals surface area contributed by atoms with Gasteiger partial charge in [-0.2, -0.15) is 0 Å². The van der Waals surface area contributed by atoms with E-state index in [0.29, 0.717) is 11.8 Å². The molecule has 1 aliphatic carbocycles. The fraction of sp³-hybridized carbons (Fsp3) is 0.364. The summed E-state index contributed by atoms with van der Waals surface area (Å²) in [5.74, 6) is 0.374.